The maximum absolute atomic E-state index is 9.72. The van der Waals surface area contributed by atoms with Crippen LogP contribution in [-0.4, -0.2) is 31.8 Å². The van der Waals surface area contributed by atoms with E-state index in [9.17, 15) is 5.11 Å². The average Bonchev–Trinajstić information content (AvgIpc) is 3.23. The number of nitrogens with zero attached hydrogens (tertiary/aromatic N) is 4. The van der Waals surface area contributed by atoms with Gasteiger partial charge in [0.1, 0.15) is 22.9 Å². The van der Waals surface area contributed by atoms with E-state index in [0.717, 1.165) is 17.2 Å². The lowest BCUT2D eigenvalue weighted by Crippen LogP contribution is -2.19. The van der Waals surface area contributed by atoms with E-state index in [-0.39, 0.29) is 6.61 Å². The number of aliphatic imine (C=N–C) groups is 1. The van der Waals surface area contributed by atoms with Crippen LogP contribution in [0.15, 0.2) is 48.0 Å². The summed E-state index contributed by atoms with van der Waals surface area (Å²) in [6.07, 6.45) is 10.9. The minimum atomic E-state index is -0.181. The van der Waals surface area contributed by atoms with Crippen molar-refractivity contribution in [3.05, 3.63) is 54.2 Å². The molecule has 31 heavy (non-hydrogen) atoms. The van der Waals surface area contributed by atoms with Crippen LogP contribution in [0, 0.1) is 5.92 Å². The fraction of sp³-hybridized carbons (Fsp3) is 0.364. The minimum absolute atomic E-state index is 0.181. The fourth-order valence-corrected chi connectivity index (χ4v) is 4.50. The highest BCUT2D eigenvalue weighted by atomic mass is 32.1. The van der Waals surface area contributed by atoms with Crippen LogP contribution in [-0.2, 0) is 6.61 Å². The quantitative estimate of drug-likeness (QED) is 0.355. The van der Waals surface area contributed by atoms with Crippen LogP contribution >= 0.6 is 11.5 Å². The van der Waals surface area contributed by atoms with Crippen molar-refractivity contribution in [2.45, 2.75) is 38.7 Å². The number of ether oxygens (including phenoxy) is 1. The highest BCUT2D eigenvalue weighted by molar-refractivity contribution is 7.10. The molecule has 0 saturated heterocycles. The summed E-state index contributed by atoms with van der Waals surface area (Å²) in [6, 6.07) is 7.50. The molecule has 0 radical (unpaired) electrons. The van der Waals surface area contributed by atoms with Gasteiger partial charge < -0.3 is 20.9 Å². The smallest absolute Gasteiger partial charge is 0.163 e. The van der Waals surface area contributed by atoms with Crippen LogP contribution in [0.1, 0.15) is 43.4 Å². The van der Waals surface area contributed by atoms with Gasteiger partial charge in [0.25, 0.3) is 0 Å². The molecule has 8 nitrogen and oxygen atoms in total. The van der Waals surface area contributed by atoms with Crippen LogP contribution in [0.4, 0.5) is 10.7 Å². The summed E-state index contributed by atoms with van der Waals surface area (Å²) in [5, 5.41) is 13.8. The Morgan fingerprint density at radius 3 is 2.58 bits per heavy atom. The van der Waals surface area contributed by atoms with E-state index in [1.54, 1.807) is 12.4 Å². The van der Waals surface area contributed by atoms with Gasteiger partial charge in [0.2, 0.25) is 0 Å². The van der Waals surface area contributed by atoms with Gasteiger partial charge in [0.05, 0.1) is 30.3 Å². The number of nitrogens with two attached hydrogens (primary N) is 1. The van der Waals surface area contributed by atoms with E-state index < -0.39 is 0 Å². The maximum atomic E-state index is 9.72. The second-order valence-corrected chi connectivity index (χ2v) is 8.32. The van der Waals surface area contributed by atoms with E-state index in [2.05, 4.69) is 24.7 Å². The Labute approximate surface area is 185 Å². The molecule has 1 aliphatic carbocycles. The molecule has 9 heteroatoms. The lowest BCUT2D eigenvalue weighted by molar-refractivity contribution is 0.278. The maximum Gasteiger partial charge on any atom is 0.163 e. The zero-order valence-corrected chi connectivity index (χ0v) is 18.0. The van der Waals surface area contributed by atoms with Gasteiger partial charge in [-0.05, 0) is 54.6 Å². The summed E-state index contributed by atoms with van der Waals surface area (Å²) in [5.74, 6) is 2.27. The number of aromatic nitrogens is 3. The van der Waals surface area contributed by atoms with Crippen LogP contribution in [0.2, 0.25) is 0 Å². The Bertz CT molecular complexity index is 1000. The zero-order chi connectivity index (χ0) is 21.5. The largest absolute Gasteiger partial charge is 0.454 e. The monoisotopic (exact) mass is 438 g/mol. The first-order valence-corrected chi connectivity index (χ1v) is 11.2. The number of anilines is 2. The average molecular weight is 439 g/mol. The van der Waals surface area contributed by atoms with Gasteiger partial charge in [-0.2, -0.15) is 4.37 Å². The van der Waals surface area contributed by atoms with Crippen molar-refractivity contribution in [3.8, 4) is 11.5 Å². The first-order chi connectivity index (χ1) is 15.2. The van der Waals surface area contributed by atoms with Crippen molar-refractivity contribution in [2.24, 2.45) is 16.6 Å². The van der Waals surface area contributed by atoms with Gasteiger partial charge in [-0.3, -0.25) is 4.99 Å². The SMILES string of the molecule is NC(=NCC1CCCCC1)c1c(CO)nsc1Nc1ccc(Oc2cncnc2)cc1. The summed E-state index contributed by atoms with van der Waals surface area (Å²) < 4.78 is 10.1. The first kappa shape index (κ1) is 21.2. The standard InChI is InChI=1S/C22H26N6O2S/c23-21(26-10-15-4-2-1-3-5-15)20-19(13-29)28-31-22(20)27-16-6-8-17(9-7-16)30-18-11-24-14-25-12-18/h6-9,11-12,14-15,27,29H,1-5,10,13H2,(H2,23,26). The third-order valence-electron chi connectivity index (χ3n) is 5.30. The Morgan fingerprint density at radius 2 is 1.87 bits per heavy atom. The molecule has 1 aromatic carbocycles. The second kappa shape index (κ2) is 10.3. The number of hydrogen-bond acceptors (Lipinski definition) is 8. The number of benzene rings is 1. The summed E-state index contributed by atoms with van der Waals surface area (Å²) in [7, 11) is 0. The highest BCUT2D eigenvalue weighted by Crippen LogP contribution is 2.30. The molecule has 4 rings (SSSR count). The molecule has 162 valence electrons. The van der Waals surface area contributed by atoms with E-state index in [1.807, 2.05) is 24.3 Å². The van der Waals surface area contributed by atoms with Crippen LogP contribution < -0.4 is 15.8 Å². The number of nitrogens with one attached hydrogen (secondary N) is 1. The van der Waals surface area contributed by atoms with Gasteiger partial charge in [0.15, 0.2) is 5.75 Å². The molecule has 1 aliphatic rings. The van der Waals surface area contributed by atoms with Crippen molar-refractivity contribution in [1.29, 1.82) is 0 Å². The lowest BCUT2D eigenvalue weighted by atomic mass is 9.89. The third kappa shape index (κ3) is 5.56. The molecule has 2 heterocycles. The molecule has 0 amide bonds. The van der Waals surface area contributed by atoms with Crippen LogP contribution in [0.3, 0.4) is 0 Å². The fourth-order valence-electron chi connectivity index (χ4n) is 3.67. The van der Waals surface area contributed by atoms with Crippen molar-refractivity contribution in [3.63, 3.8) is 0 Å². The molecule has 3 aromatic rings. The second-order valence-electron chi connectivity index (χ2n) is 7.55. The molecular weight excluding hydrogens is 412 g/mol. The van der Waals surface area contributed by atoms with Crippen LogP contribution in [0.25, 0.3) is 0 Å². The predicted molar refractivity (Wildman–Crippen MR) is 122 cm³/mol. The number of hydrogen-bond donors (Lipinski definition) is 3. The van der Waals surface area contributed by atoms with Crippen LogP contribution in [0.5, 0.6) is 11.5 Å². The molecule has 0 aliphatic heterocycles. The molecule has 0 spiro atoms. The Morgan fingerprint density at radius 1 is 1.13 bits per heavy atom. The van der Waals surface area contributed by atoms with Crippen molar-refractivity contribution in [1.82, 2.24) is 14.3 Å². The number of aliphatic hydroxyl groups excluding tert-OH is 1. The Hall–Kier alpha value is -3.04. The molecule has 1 fully saturated rings. The normalized spacial score (nSPS) is 15.1. The van der Waals surface area contributed by atoms with Crippen molar-refractivity contribution < 1.29 is 9.84 Å². The molecular formula is C22H26N6O2S. The first-order valence-electron chi connectivity index (χ1n) is 10.4. The molecule has 2 aromatic heterocycles. The predicted octanol–water partition coefficient (Wildman–Crippen LogP) is 4.25. The molecule has 0 bridgehead atoms. The van der Waals surface area contributed by atoms with E-state index in [0.29, 0.717) is 34.5 Å². The van der Waals surface area contributed by atoms with Gasteiger partial charge in [-0.25, -0.2) is 9.97 Å². The van der Waals surface area contributed by atoms with Gasteiger partial charge in [-0.1, -0.05) is 19.3 Å². The minimum Gasteiger partial charge on any atom is -0.454 e. The van der Waals surface area contributed by atoms with E-state index >= 15 is 0 Å². The van der Waals surface area contributed by atoms with Gasteiger partial charge in [0, 0.05) is 12.2 Å². The summed E-state index contributed by atoms with van der Waals surface area (Å²) in [4.78, 5) is 12.5. The Kier molecular flexibility index (Phi) is 7.06. The molecule has 0 atom stereocenters. The molecule has 0 unspecified atom stereocenters. The number of rotatable bonds is 8. The highest BCUT2D eigenvalue weighted by Gasteiger charge is 2.18. The van der Waals surface area contributed by atoms with E-state index in [4.69, 9.17) is 10.5 Å². The van der Waals surface area contributed by atoms with Crippen molar-refractivity contribution >= 4 is 28.1 Å². The molecule has 1 saturated carbocycles. The number of aliphatic hydroxyl groups is 1. The summed E-state index contributed by atoms with van der Waals surface area (Å²) in [5.41, 5.74) is 8.41. The lowest BCUT2D eigenvalue weighted by Gasteiger charge is -2.19. The molecule has 4 N–H and O–H groups in total. The number of amidine groups is 1. The Balaban J connectivity index is 1.46. The van der Waals surface area contributed by atoms with Gasteiger partial charge >= 0.3 is 0 Å². The summed E-state index contributed by atoms with van der Waals surface area (Å²) in [6.45, 7) is 0.542. The van der Waals surface area contributed by atoms with Gasteiger partial charge in [-0.15, -0.1) is 0 Å². The topological polar surface area (TPSA) is 119 Å². The summed E-state index contributed by atoms with van der Waals surface area (Å²) >= 11 is 1.26. The van der Waals surface area contributed by atoms with E-state index in [1.165, 1.54) is 50.0 Å². The zero-order valence-electron chi connectivity index (χ0n) is 17.2. The van der Waals surface area contributed by atoms with Crippen molar-refractivity contribution in [2.75, 3.05) is 11.9 Å². The third-order valence-corrected chi connectivity index (χ3v) is 6.10.